The Morgan fingerprint density at radius 3 is 2.26 bits per heavy atom. The highest BCUT2D eigenvalue weighted by molar-refractivity contribution is 6.21. The number of esters is 1. The van der Waals surface area contributed by atoms with Crippen LogP contribution < -0.4 is 5.43 Å². The summed E-state index contributed by atoms with van der Waals surface area (Å²) in [5, 5.41) is 0.853. The summed E-state index contributed by atoms with van der Waals surface area (Å²) in [6, 6.07) is 5.74. The number of fused-ring (bicyclic) bond motifs is 1. The van der Waals surface area contributed by atoms with Gasteiger partial charge in [-0.1, -0.05) is 12.1 Å². The SMILES string of the molecule is CCOC(=O)C(C)NN1C(=O)c2ccccc2C1=O. The lowest BCUT2D eigenvalue weighted by atomic mass is 10.1. The molecule has 0 saturated carbocycles. The number of carbonyl (C=O) groups is 3. The predicted octanol–water partition coefficient (Wildman–Crippen LogP) is 0.739. The van der Waals surface area contributed by atoms with Crippen molar-refractivity contribution in [3.8, 4) is 0 Å². The molecule has 1 aliphatic heterocycles. The first kappa shape index (κ1) is 13.2. The zero-order valence-corrected chi connectivity index (χ0v) is 10.7. The molecule has 0 aliphatic carbocycles. The van der Waals surface area contributed by atoms with Crippen molar-refractivity contribution in [1.82, 2.24) is 10.4 Å². The lowest BCUT2D eigenvalue weighted by Crippen LogP contribution is -2.50. The van der Waals surface area contributed by atoms with E-state index in [1.807, 2.05) is 0 Å². The van der Waals surface area contributed by atoms with Crippen molar-refractivity contribution in [3.05, 3.63) is 35.4 Å². The highest BCUT2D eigenvalue weighted by Gasteiger charge is 2.37. The van der Waals surface area contributed by atoms with E-state index >= 15 is 0 Å². The number of rotatable bonds is 4. The van der Waals surface area contributed by atoms with Crippen LogP contribution in [0.2, 0.25) is 0 Å². The third kappa shape index (κ3) is 2.34. The molecule has 0 aromatic heterocycles. The van der Waals surface area contributed by atoms with Gasteiger partial charge in [-0.25, -0.2) is 10.4 Å². The summed E-state index contributed by atoms with van der Waals surface area (Å²) in [4.78, 5) is 35.5. The highest BCUT2D eigenvalue weighted by Crippen LogP contribution is 2.20. The van der Waals surface area contributed by atoms with Gasteiger partial charge in [0.1, 0.15) is 6.04 Å². The minimum absolute atomic E-state index is 0.243. The quantitative estimate of drug-likeness (QED) is 0.639. The smallest absolute Gasteiger partial charge is 0.324 e. The topological polar surface area (TPSA) is 75.7 Å². The van der Waals surface area contributed by atoms with E-state index in [-0.39, 0.29) is 6.61 Å². The second-order valence-electron chi connectivity index (χ2n) is 4.09. The maximum atomic E-state index is 12.0. The van der Waals surface area contributed by atoms with Crippen molar-refractivity contribution in [2.24, 2.45) is 0 Å². The predicted molar refractivity (Wildman–Crippen MR) is 66.2 cm³/mol. The van der Waals surface area contributed by atoms with Crippen LogP contribution in [0.25, 0.3) is 0 Å². The van der Waals surface area contributed by atoms with Crippen molar-refractivity contribution in [2.75, 3.05) is 6.61 Å². The second-order valence-corrected chi connectivity index (χ2v) is 4.09. The van der Waals surface area contributed by atoms with E-state index in [0.717, 1.165) is 5.01 Å². The summed E-state index contributed by atoms with van der Waals surface area (Å²) in [6.07, 6.45) is 0. The largest absolute Gasteiger partial charge is 0.465 e. The molecule has 19 heavy (non-hydrogen) atoms. The minimum Gasteiger partial charge on any atom is -0.465 e. The first-order valence-corrected chi connectivity index (χ1v) is 5.97. The van der Waals surface area contributed by atoms with Crippen molar-refractivity contribution < 1.29 is 19.1 Å². The molecule has 0 saturated heterocycles. The van der Waals surface area contributed by atoms with Gasteiger partial charge in [0, 0.05) is 0 Å². The number of hydrazine groups is 1. The number of ether oxygens (including phenoxy) is 1. The summed E-state index contributed by atoms with van der Waals surface area (Å²) >= 11 is 0. The number of hydrogen-bond donors (Lipinski definition) is 1. The van der Waals surface area contributed by atoms with Gasteiger partial charge < -0.3 is 4.74 Å². The normalized spacial score (nSPS) is 15.4. The van der Waals surface area contributed by atoms with Crippen molar-refractivity contribution >= 4 is 17.8 Å². The molecule has 1 unspecified atom stereocenters. The molecular weight excluding hydrogens is 248 g/mol. The Kier molecular flexibility index (Phi) is 3.62. The number of nitrogens with zero attached hydrogens (tertiary/aromatic N) is 1. The van der Waals surface area contributed by atoms with E-state index in [0.29, 0.717) is 11.1 Å². The Hall–Kier alpha value is -2.21. The van der Waals surface area contributed by atoms with Gasteiger partial charge in [-0.3, -0.25) is 14.4 Å². The number of amides is 2. The first-order valence-electron chi connectivity index (χ1n) is 5.97. The molecular formula is C13H14N2O4. The van der Waals surface area contributed by atoms with Gasteiger partial charge in [0.15, 0.2) is 0 Å². The molecule has 1 aromatic carbocycles. The van der Waals surface area contributed by atoms with Crippen LogP contribution in [0.15, 0.2) is 24.3 Å². The molecule has 1 aromatic rings. The van der Waals surface area contributed by atoms with Crippen LogP contribution in [-0.4, -0.2) is 35.4 Å². The molecule has 6 heteroatoms. The third-order valence-electron chi connectivity index (χ3n) is 2.76. The lowest BCUT2D eigenvalue weighted by molar-refractivity contribution is -0.146. The average molecular weight is 262 g/mol. The van der Waals surface area contributed by atoms with Crippen molar-refractivity contribution in [1.29, 1.82) is 0 Å². The van der Waals surface area contributed by atoms with Crippen LogP contribution in [0.3, 0.4) is 0 Å². The van der Waals surface area contributed by atoms with Crippen LogP contribution in [0, 0.1) is 0 Å². The Bertz CT molecular complexity index is 506. The molecule has 100 valence electrons. The lowest BCUT2D eigenvalue weighted by Gasteiger charge is -2.19. The molecule has 2 rings (SSSR count). The van der Waals surface area contributed by atoms with Crippen LogP contribution in [0.1, 0.15) is 34.6 Å². The van der Waals surface area contributed by atoms with Gasteiger partial charge in [-0.2, -0.15) is 0 Å². The van der Waals surface area contributed by atoms with Gasteiger partial charge in [0.2, 0.25) is 0 Å². The summed E-state index contributed by atoms with van der Waals surface area (Å²) in [5.41, 5.74) is 3.23. The average Bonchev–Trinajstić information content (AvgIpc) is 2.65. The molecule has 1 atom stereocenters. The summed E-state index contributed by atoms with van der Waals surface area (Å²) in [6.45, 7) is 3.46. The summed E-state index contributed by atoms with van der Waals surface area (Å²) in [5.74, 6) is -1.44. The fourth-order valence-electron chi connectivity index (χ4n) is 1.82. The molecule has 1 heterocycles. The number of benzene rings is 1. The van der Waals surface area contributed by atoms with Crippen molar-refractivity contribution in [2.45, 2.75) is 19.9 Å². The number of hydrogen-bond acceptors (Lipinski definition) is 5. The van der Waals surface area contributed by atoms with Gasteiger partial charge in [0.25, 0.3) is 11.8 Å². The van der Waals surface area contributed by atoms with E-state index in [9.17, 15) is 14.4 Å². The molecule has 0 bridgehead atoms. The molecule has 0 fully saturated rings. The molecule has 1 aliphatic rings. The summed E-state index contributed by atoms with van der Waals surface area (Å²) < 4.78 is 4.81. The van der Waals surface area contributed by atoms with Gasteiger partial charge in [0.05, 0.1) is 17.7 Å². The van der Waals surface area contributed by atoms with Crippen LogP contribution in [-0.2, 0) is 9.53 Å². The van der Waals surface area contributed by atoms with E-state index < -0.39 is 23.8 Å². The fraction of sp³-hybridized carbons (Fsp3) is 0.308. The standard InChI is InChI=1S/C13H14N2O4/c1-3-19-13(18)8(2)14-15-11(16)9-6-4-5-7-10(9)12(15)17/h4-8,14H,3H2,1-2H3. The zero-order valence-electron chi connectivity index (χ0n) is 10.7. The van der Waals surface area contributed by atoms with E-state index in [1.165, 1.54) is 6.92 Å². The second kappa shape index (κ2) is 5.19. The summed E-state index contributed by atoms with van der Waals surface area (Å²) in [7, 11) is 0. The number of nitrogens with one attached hydrogen (secondary N) is 1. The van der Waals surface area contributed by atoms with E-state index in [2.05, 4.69) is 5.43 Å². The van der Waals surface area contributed by atoms with E-state index in [4.69, 9.17) is 4.74 Å². The Morgan fingerprint density at radius 2 is 1.79 bits per heavy atom. The molecule has 0 radical (unpaired) electrons. The minimum atomic E-state index is -0.776. The van der Waals surface area contributed by atoms with Gasteiger partial charge in [-0.05, 0) is 26.0 Å². The Labute approximate surface area is 110 Å². The third-order valence-corrected chi connectivity index (χ3v) is 2.76. The molecule has 0 spiro atoms. The number of carbonyl (C=O) groups excluding carboxylic acids is 3. The van der Waals surface area contributed by atoms with Crippen molar-refractivity contribution in [3.63, 3.8) is 0 Å². The fourth-order valence-corrected chi connectivity index (χ4v) is 1.82. The first-order chi connectivity index (χ1) is 9.06. The number of imide groups is 1. The maximum Gasteiger partial charge on any atom is 0.324 e. The zero-order chi connectivity index (χ0) is 14.0. The molecule has 1 N–H and O–H groups in total. The highest BCUT2D eigenvalue weighted by atomic mass is 16.5. The molecule has 6 nitrogen and oxygen atoms in total. The Morgan fingerprint density at radius 1 is 1.26 bits per heavy atom. The molecule has 2 amide bonds. The van der Waals surface area contributed by atoms with Crippen LogP contribution in [0.4, 0.5) is 0 Å². The monoisotopic (exact) mass is 262 g/mol. The van der Waals surface area contributed by atoms with Gasteiger partial charge in [-0.15, -0.1) is 0 Å². The maximum absolute atomic E-state index is 12.0. The van der Waals surface area contributed by atoms with Crippen LogP contribution >= 0.6 is 0 Å². The van der Waals surface area contributed by atoms with E-state index in [1.54, 1.807) is 31.2 Å². The van der Waals surface area contributed by atoms with Gasteiger partial charge >= 0.3 is 5.97 Å². The Balaban J connectivity index is 2.14. The van der Waals surface area contributed by atoms with Crippen LogP contribution in [0.5, 0.6) is 0 Å².